The summed E-state index contributed by atoms with van der Waals surface area (Å²) in [5, 5.41) is 7.22. The van der Waals surface area contributed by atoms with Crippen LogP contribution in [0.2, 0.25) is 5.02 Å². The molecule has 43 heavy (non-hydrogen) atoms. The van der Waals surface area contributed by atoms with E-state index in [1.54, 1.807) is 28.8 Å². The lowest BCUT2D eigenvalue weighted by molar-refractivity contribution is -0.137. The van der Waals surface area contributed by atoms with E-state index in [4.69, 9.17) is 17.3 Å². The first-order valence-electron chi connectivity index (χ1n) is 12.5. The van der Waals surface area contributed by atoms with Crippen LogP contribution in [0.1, 0.15) is 31.2 Å². The number of hydrogen-bond acceptors (Lipinski definition) is 7. The molecule has 11 nitrogen and oxygen atoms in total. The number of rotatable bonds is 9. The average molecular weight is 665 g/mol. The summed E-state index contributed by atoms with van der Waals surface area (Å²) < 4.78 is 40.9. The summed E-state index contributed by atoms with van der Waals surface area (Å²) in [6.45, 7) is 0.589. The van der Waals surface area contributed by atoms with Crippen molar-refractivity contribution < 1.29 is 22.8 Å². The number of fused-ring (bicyclic) bond motifs is 1. The molecule has 234 valence electrons. The number of aromatic nitrogens is 4. The molecule has 0 spiro atoms. The number of anilines is 3. The minimum Gasteiger partial charge on any atom is -0.333 e. The van der Waals surface area contributed by atoms with Crippen LogP contribution in [0.15, 0.2) is 55.1 Å². The number of nitrogens with zero attached hydrogens (tertiary/aromatic N) is 4. The lowest BCUT2D eigenvalue weighted by Crippen LogP contribution is -2.20. The SMILES string of the molecule is CN.Cl.Cl.NCCCCCC(=O)Nc1ncnc2c1ncn2-c1ccc(NC(=O)Nc2ccc(Cl)c(C(F)(F)F)c2)cc1. The van der Waals surface area contributed by atoms with Crippen LogP contribution in [-0.4, -0.2) is 45.0 Å². The zero-order chi connectivity index (χ0) is 30.0. The third kappa shape index (κ3) is 10.2. The lowest BCUT2D eigenvalue weighted by atomic mass is 10.2. The molecule has 0 atom stereocenters. The van der Waals surface area contributed by atoms with Gasteiger partial charge in [0.05, 0.1) is 10.6 Å². The smallest absolute Gasteiger partial charge is 0.333 e. The molecule has 0 saturated carbocycles. The summed E-state index contributed by atoms with van der Waals surface area (Å²) in [6.07, 6.45) is 0.994. The van der Waals surface area contributed by atoms with Gasteiger partial charge in [-0.1, -0.05) is 18.0 Å². The second-order valence-corrected chi connectivity index (χ2v) is 8.88. The van der Waals surface area contributed by atoms with Gasteiger partial charge in [-0.2, -0.15) is 13.2 Å². The van der Waals surface area contributed by atoms with Crippen molar-refractivity contribution in [1.82, 2.24) is 19.5 Å². The zero-order valence-electron chi connectivity index (χ0n) is 22.8. The Morgan fingerprint density at radius 1 is 0.907 bits per heavy atom. The van der Waals surface area contributed by atoms with Gasteiger partial charge in [-0.05, 0) is 68.9 Å². The largest absolute Gasteiger partial charge is 0.417 e. The van der Waals surface area contributed by atoms with Crippen molar-refractivity contribution in [2.45, 2.75) is 31.9 Å². The van der Waals surface area contributed by atoms with E-state index in [0.29, 0.717) is 41.3 Å². The van der Waals surface area contributed by atoms with Crippen molar-refractivity contribution in [3.05, 3.63) is 65.7 Å². The normalized spacial score (nSPS) is 10.5. The van der Waals surface area contributed by atoms with E-state index in [1.165, 1.54) is 25.8 Å². The maximum absolute atomic E-state index is 13.1. The molecular formula is C26H31Cl3F3N9O2. The molecule has 0 fully saturated rings. The van der Waals surface area contributed by atoms with E-state index >= 15 is 0 Å². The molecule has 0 aliphatic rings. The monoisotopic (exact) mass is 663 g/mol. The van der Waals surface area contributed by atoms with Crippen molar-refractivity contribution in [1.29, 1.82) is 0 Å². The van der Waals surface area contributed by atoms with Crippen molar-refractivity contribution in [3.63, 3.8) is 0 Å². The van der Waals surface area contributed by atoms with Crippen LogP contribution in [0.25, 0.3) is 16.9 Å². The highest BCUT2D eigenvalue weighted by molar-refractivity contribution is 6.31. The molecule has 17 heteroatoms. The quantitative estimate of drug-likeness (QED) is 0.137. The number of amides is 3. The Bertz CT molecular complexity index is 1490. The molecule has 2 heterocycles. The molecular weight excluding hydrogens is 634 g/mol. The number of unbranched alkanes of at least 4 members (excludes halogenated alkanes) is 2. The van der Waals surface area contributed by atoms with E-state index in [-0.39, 0.29) is 36.4 Å². The predicted octanol–water partition coefficient (Wildman–Crippen LogP) is 6.01. The molecule has 0 radical (unpaired) electrons. The van der Waals surface area contributed by atoms with Crippen LogP contribution in [0.5, 0.6) is 0 Å². The number of carbonyl (C=O) groups excluding carboxylic acids is 2. The van der Waals surface area contributed by atoms with E-state index < -0.39 is 22.8 Å². The molecule has 0 bridgehead atoms. The van der Waals surface area contributed by atoms with E-state index in [2.05, 4.69) is 36.6 Å². The second-order valence-electron chi connectivity index (χ2n) is 8.47. The first kappa shape index (κ1) is 37.3. The molecule has 0 aliphatic heterocycles. The number of halogens is 6. The van der Waals surface area contributed by atoms with E-state index in [1.807, 2.05) is 0 Å². The number of alkyl halides is 3. The number of carbonyl (C=O) groups is 2. The van der Waals surface area contributed by atoms with Gasteiger partial charge in [0.15, 0.2) is 17.0 Å². The maximum Gasteiger partial charge on any atom is 0.417 e. The maximum atomic E-state index is 13.1. The Morgan fingerprint density at radius 2 is 1.56 bits per heavy atom. The number of hydrogen-bond donors (Lipinski definition) is 5. The van der Waals surface area contributed by atoms with Gasteiger partial charge < -0.3 is 27.4 Å². The van der Waals surface area contributed by atoms with Gasteiger partial charge in [-0.15, -0.1) is 24.8 Å². The van der Waals surface area contributed by atoms with Gasteiger partial charge in [0.25, 0.3) is 0 Å². The molecule has 0 aliphatic carbocycles. The van der Waals surface area contributed by atoms with Crippen LogP contribution in [0.3, 0.4) is 0 Å². The van der Waals surface area contributed by atoms with Crippen LogP contribution in [-0.2, 0) is 11.0 Å². The van der Waals surface area contributed by atoms with Crippen molar-refractivity contribution in [3.8, 4) is 5.69 Å². The van der Waals surface area contributed by atoms with Crippen LogP contribution in [0.4, 0.5) is 35.2 Å². The summed E-state index contributed by atoms with van der Waals surface area (Å²) in [6, 6.07) is 8.96. The van der Waals surface area contributed by atoms with Crippen molar-refractivity contribution in [2.24, 2.45) is 11.5 Å². The van der Waals surface area contributed by atoms with Gasteiger partial charge in [0.2, 0.25) is 5.91 Å². The number of nitrogens with one attached hydrogen (secondary N) is 3. The lowest BCUT2D eigenvalue weighted by Gasteiger charge is -2.12. The summed E-state index contributed by atoms with van der Waals surface area (Å²) in [7, 11) is 1.50. The molecule has 4 rings (SSSR count). The molecule has 2 aromatic heterocycles. The Labute approximate surface area is 262 Å². The Kier molecular flexibility index (Phi) is 15.1. The van der Waals surface area contributed by atoms with Crippen LogP contribution in [0, 0.1) is 0 Å². The Morgan fingerprint density at radius 3 is 2.21 bits per heavy atom. The van der Waals surface area contributed by atoms with Gasteiger partial charge in [-0.3, -0.25) is 9.36 Å². The summed E-state index contributed by atoms with van der Waals surface area (Å²) >= 11 is 5.61. The van der Waals surface area contributed by atoms with Crippen molar-refractivity contribution >= 4 is 76.7 Å². The van der Waals surface area contributed by atoms with E-state index in [9.17, 15) is 22.8 Å². The molecule has 4 aromatic rings. The fourth-order valence-electron chi connectivity index (χ4n) is 3.74. The highest BCUT2D eigenvalue weighted by Gasteiger charge is 2.33. The fraction of sp³-hybridized carbons (Fsp3) is 0.269. The highest BCUT2D eigenvalue weighted by atomic mass is 35.5. The standard InChI is InChI=1S/C25H24ClF3N8O2.CH5N.2ClH/c26-19-10-7-16(12-18(19)25(27,28)29)35-24(39)34-15-5-8-17(9-6-15)37-14-33-21-22(31-13-32-23(21)37)36-20(38)4-2-1-3-11-30;1-2;;/h5-10,12-14H,1-4,11,30H2,(H2,34,35,39)(H,31,32,36,38);2H2,1H3;2*1H. The first-order chi connectivity index (χ1) is 19.7. The summed E-state index contributed by atoms with van der Waals surface area (Å²) in [5.74, 6) is 0.122. The van der Waals surface area contributed by atoms with Crippen LogP contribution < -0.4 is 27.4 Å². The number of benzene rings is 2. The third-order valence-corrected chi connectivity index (χ3v) is 5.96. The summed E-state index contributed by atoms with van der Waals surface area (Å²) in [5.41, 5.74) is 10.8. The van der Waals surface area contributed by atoms with Gasteiger partial charge in [-0.25, -0.2) is 19.7 Å². The number of imidazole rings is 1. The molecule has 0 saturated heterocycles. The van der Waals surface area contributed by atoms with E-state index in [0.717, 1.165) is 31.4 Å². The minimum absolute atomic E-state index is 0. The highest BCUT2D eigenvalue weighted by Crippen LogP contribution is 2.36. The van der Waals surface area contributed by atoms with Crippen molar-refractivity contribution in [2.75, 3.05) is 29.5 Å². The average Bonchev–Trinajstić information content (AvgIpc) is 3.38. The molecule has 0 unspecified atom stereocenters. The second kappa shape index (κ2) is 17.4. The topological polar surface area (TPSA) is 166 Å². The third-order valence-electron chi connectivity index (χ3n) is 5.63. The zero-order valence-corrected chi connectivity index (χ0v) is 25.2. The number of urea groups is 1. The minimum atomic E-state index is -4.65. The molecule has 3 amide bonds. The van der Waals surface area contributed by atoms with Gasteiger partial charge in [0.1, 0.15) is 12.7 Å². The van der Waals surface area contributed by atoms with Gasteiger partial charge >= 0.3 is 12.2 Å². The Balaban J connectivity index is 0.00000226. The fourth-order valence-corrected chi connectivity index (χ4v) is 3.96. The first-order valence-corrected chi connectivity index (χ1v) is 12.8. The summed E-state index contributed by atoms with van der Waals surface area (Å²) in [4.78, 5) is 37.4. The molecule has 2 aromatic carbocycles. The van der Waals surface area contributed by atoms with Crippen LogP contribution >= 0.6 is 36.4 Å². The molecule has 7 N–H and O–H groups in total. The number of nitrogens with two attached hydrogens (primary N) is 2. The van der Waals surface area contributed by atoms with Gasteiger partial charge in [0, 0.05) is 23.5 Å². The predicted molar refractivity (Wildman–Crippen MR) is 167 cm³/mol. The Hall–Kier alpha value is -3.69.